The number of hydrogen-bond acceptors (Lipinski definition) is 4. The molecule has 0 aliphatic carbocycles. The van der Waals surface area contributed by atoms with Gasteiger partial charge in [0, 0.05) is 17.1 Å². The van der Waals surface area contributed by atoms with Crippen LogP contribution >= 0.6 is 11.3 Å². The van der Waals surface area contributed by atoms with Crippen molar-refractivity contribution in [1.29, 1.82) is 0 Å². The maximum atomic E-state index is 11.9. The molecule has 2 amide bonds. The average molecular weight is 346 g/mol. The number of carbonyl (C=O) groups excluding carboxylic acids is 2. The molecule has 1 unspecified atom stereocenters. The molecule has 0 saturated carbocycles. The lowest BCUT2D eigenvalue weighted by molar-refractivity contribution is -0.136. The molecule has 128 valence electrons. The first-order valence-electron chi connectivity index (χ1n) is 7.79. The Morgan fingerprint density at radius 1 is 1.12 bits per heavy atom. The standard InChI is InChI=1S/C18H22N2O3S/c1-11(2)13-4-6-14(7-5-13)20-18(23)17(22)19-10-15(21)16-12(3)8-9-24-16/h4-9,11,15,21H,10H2,1-3H3,(H,19,22)(H,20,23). The number of rotatable bonds is 5. The van der Waals surface area contributed by atoms with Crippen LogP contribution in [0.2, 0.25) is 0 Å². The molecule has 24 heavy (non-hydrogen) atoms. The van der Waals surface area contributed by atoms with E-state index in [-0.39, 0.29) is 6.54 Å². The monoisotopic (exact) mass is 346 g/mol. The maximum Gasteiger partial charge on any atom is 0.313 e. The lowest BCUT2D eigenvalue weighted by Crippen LogP contribution is -2.37. The Bertz CT molecular complexity index is 707. The minimum atomic E-state index is -0.813. The fourth-order valence-electron chi connectivity index (χ4n) is 2.23. The first-order valence-corrected chi connectivity index (χ1v) is 8.67. The molecule has 1 aromatic carbocycles. The molecule has 5 nitrogen and oxygen atoms in total. The van der Waals surface area contributed by atoms with E-state index in [0.29, 0.717) is 11.6 Å². The molecule has 3 N–H and O–H groups in total. The third kappa shape index (κ3) is 4.66. The molecule has 0 aliphatic heterocycles. The summed E-state index contributed by atoms with van der Waals surface area (Å²) in [5.41, 5.74) is 2.69. The number of aliphatic hydroxyl groups excluding tert-OH is 1. The van der Waals surface area contributed by atoms with Gasteiger partial charge in [-0.1, -0.05) is 26.0 Å². The highest BCUT2D eigenvalue weighted by atomic mass is 32.1. The molecular formula is C18H22N2O3S. The summed E-state index contributed by atoms with van der Waals surface area (Å²) < 4.78 is 0. The number of thiophene rings is 1. The smallest absolute Gasteiger partial charge is 0.313 e. The fraction of sp³-hybridized carbons (Fsp3) is 0.333. The van der Waals surface area contributed by atoms with Crippen molar-refractivity contribution in [3.8, 4) is 0 Å². The normalized spacial score (nSPS) is 12.0. The van der Waals surface area contributed by atoms with Gasteiger partial charge in [0.25, 0.3) is 0 Å². The average Bonchev–Trinajstić information content (AvgIpc) is 2.98. The van der Waals surface area contributed by atoms with Crippen LogP contribution in [0.15, 0.2) is 35.7 Å². The predicted octanol–water partition coefficient (Wildman–Crippen LogP) is 2.97. The van der Waals surface area contributed by atoms with Crippen molar-refractivity contribution in [3.05, 3.63) is 51.7 Å². The summed E-state index contributed by atoms with van der Waals surface area (Å²) in [6.45, 7) is 6.06. The van der Waals surface area contributed by atoms with Crippen molar-refractivity contribution < 1.29 is 14.7 Å². The van der Waals surface area contributed by atoms with Gasteiger partial charge in [-0.05, 0) is 47.5 Å². The molecule has 1 heterocycles. The van der Waals surface area contributed by atoms with E-state index in [0.717, 1.165) is 16.0 Å². The van der Waals surface area contributed by atoms with Gasteiger partial charge in [-0.15, -0.1) is 11.3 Å². The molecule has 0 aliphatic rings. The fourth-order valence-corrected chi connectivity index (χ4v) is 3.14. The summed E-state index contributed by atoms with van der Waals surface area (Å²) in [6, 6.07) is 9.27. The number of carbonyl (C=O) groups is 2. The Labute approximate surface area is 145 Å². The summed E-state index contributed by atoms with van der Waals surface area (Å²) in [5, 5.41) is 16.9. The van der Waals surface area contributed by atoms with Crippen LogP contribution in [0.1, 0.15) is 41.9 Å². The molecule has 0 fully saturated rings. The zero-order valence-corrected chi connectivity index (χ0v) is 14.8. The summed E-state index contributed by atoms with van der Waals surface area (Å²) in [6.07, 6.45) is -0.813. The third-order valence-electron chi connectivity index (χ3n) is 3.70. The van der Waals surface area contributed by atoms with Gasteiger partial charge in [0.2, 0.25) is 0 Å². The summed E-state index contributed by atoms with van der Waals surface area (Å²) in [5.74, 6) is -1.11. The predicted molar refractivity (Wildman–Crippen MR) is 96.2 cm³/mol. The van der Waals surface area contributed by atoms with Crippen LogP contribution in [0.25, 0.3) is 0 Å². The Morgan fingerprint density at radius 3 is 2.33 bits per heavy atom. The first kappa shape index (κ1) is 18.2. The largest absolute Gasteiger partial charge is 0.386 e. The van der Waals surface area contributed by atoms with Gasteiger partial charge >= 0.3 is 11.8 Å². The quantitative estimate of drug-likeness (QED) is 0.728. The number of anilines is 1. The summed E-state index contributed by atoms with van der Waals surface area (Å²) in [4.78, 5) is 24.5. The Hall–Kier alpha value is -2.18. The zero-order valence-electron chi connectivity index (χ0n) is 14.0. The van der Waals surface area contributed by atoms with E-state index in [1.165, 1.54) is 11.3 Å². The minimum Gasteiger partial charge on any atom is -0.386 e. The molecular weight excluding hydrogens is 324 g/mol. The molecule has 0 spiro atoms. The number of nitrogens with one attached hydrogen (secondary N) is 2. The number of amides is 2. The minimum absolute atomic E-state index is 0.000105. The molecule has 1 aromatic heterocycles. The number of benzene rings is 1. The van der Waals surface area contributed by atoms with Crippen LogP contribution in [0.3, 0.4) is 0 Å². The second-order valence-electron chi connectivity index (χ2n) is 5.92. The summed E-state index contributed by atoms with van der Waals surface area (Å²) in [7, 11) is 0. The van der Waals surface area contributed by atoms with Gasteiger partial charge in [0.1, 0.15) is 6.10 Å². The topological polar surface area (TPSA) is 78.4 Å². The van der Waals surface area contributed by atoms with Gasteiger partial charge in [0.15, 0.2) is 0 Å². The van der Waals surface area contributed by atoms with Crippen molar-refractivity contribution in [1.82, 2.24) is 5.32 Å². The molecule has 6 heteroatoms. The highest BCUT2D eigenvalue weighted by Crippen LogP contribution is 2.23. The van der Waals surface area contributed by atoms with E-state index < -0.39 is 17.9 Å². The van der Waals surface area contributed by atoms with Crippen LogP contribution < -0.4 is 10.6 Å². The SMILES string of the molecule is Cc1ccsc1C(O)CNC(=O)C(=O)Nc1ccc(C(C)C)cc1. The van der Waals surface area contributed by atoms with Gasteiger partial charge in [-0.2, -0.15) is 0 Å². The Kier molecular flexibility index (Phi) is 6.11. The first-order chi connectivity index (χ1) is 11.4. The van der Waals surface area contributed by atoms with E-state index >= 15 is 0 Å². The molecule has 2 aromatic rings. The van der Waals surface area contributed by atoms with E-state index in [9.17, 15) is 14.7 Å². The van der Waals surface area contributed by atoms with Crippen molar-refractivity contribution >= 4 is 28.8 Å². The number of aliphatic hydroxyl groups is 1. The zero-order chi connectivity index (χ0) is 17.7. The van der Waals surface area contributed by atoms with E-state index in [2.05, 4.69) is 24.5 Å². The van der Waals surface area contributed by atoms with Crippen LogP contribution in [0.5, 0.6) is 0 Å². The number of hydrogen-bond donors (Lipinski definition) is 3. The molecule has 0 saturated heterocycles. The van der Waals surface area contributed by atoms with Gasteiger partial charge in [-0.25, -0.2) is 0 Å². The second-order valence-corrected chi connectivity index (χ2v) is 6.87. The van der Waals surface area contributed by atoms with Crippen LogP contribution in [-0.2, 0) is 9.59 Å². The molecule has 0 bridgehead atoms. The second kappa shape index (κ2) is 8.08. The highest BCUT2D eigenvalue weighted by molar-refractivity contribution is 7.10. The van der Waals surface area contributed by atoms with E-state index in [4.69, 9.17) is 0 Å². The Balaban J connectivity index is 1.86. The Morgan fingerprint density at radius 2 is 1.79 bits per heavy atom. The molecule has 1 atom stereocenters. The van der Waals surface area contributed by atoms with Crippen LogP contribution in [-0.4, -0.2) is 23.5 Å². The summed E-state index contributed by atoms with van der Waals surface area (Å²) >= 11 is 1.42. The van der Waals surface area contributed by atoms with Gasteiger partial charge < -0.3 is 15.7 Å². The van der Waals surface area contributed by atoms with E-state index in [1.54, 1.807) is 12.1 Å². The molecule has 2 rings (SSSR count). The van der Waals surface area contributed by atoms with Crippen molar-refractivity contribution in [2.45, 2.75) is 32.8 Å². The lowest BCUT2D eigenvalue weighted by Gasteiger charge is -2.12. The molecule has 0 radical (unpaired) electrons. The highest BCUT2D eigenvalue weighted by Gasteiger charge is 2.17. The van der Waals surface area contributed by atoms with Crippen molar-refractivity contribution in [2.24, 2.45) is 0 Å². The van der Waals surface area contributed by atoms with Crippen molar-refractivity contribution in [3.63, 3.8) is 0 Å². The van der Waals surface area contributed by atoms with Gasteiger partial charge in [-0.3, -0.25) is 9.59 Å². The van der Waals surface area contributed by atoms with Gasteiger partial charge in [0.05, 0.1) is 0 Å². The third-order valence-corrected chi connectivity index (χ3v) is 4.82. The van der Waals surface area contributed by atoms with Crippen LogP contribution in [0.4, 0.5) is 5.69 Å². The lowest BCUT2D eigenvalue weighted by atomic mass is 10.0. The van der Waals surface area contributed by atoms with E-state index in [1.807, 2.05) is 30.5 Å². The van der Waals surface area contributed by atoms with Crippen molar-refractivity contribution in [2.75, 3.05) is 11.9 Å². The number of aryl methyl sites for hydroxylation is 1. The maximum absolute atomic E-state index is 11.9. The van der Waals surface area contributed by atoms with Crippen LogP contribution in [0, 0.1) is 6.92 Å².